The summed E-state index contributed by atoms with van der Waals surface area (Å²) in [6.45, 7) is 2.15. The molecule has 2 rings (SSSR count). The maximum Gasteiger partial charge on any atom is 0.125 e. The number of hydrogen-bond acceptors (Lipinski definition) is 2. The van der Waals surface area contributed by atoms with E-state index in [-0.39, 0.29) is 0 Å². The van der Waals surface area contributed by atoms with Gasteiger partial charge in [0.2, 0.25) is 0 Å². The van der Waals surface area contributed by atoms with Gasteiger partial charge in [-0.25, -0.2) is 4.98 Å². The van der Waals surface area contributed by atoms with Gasteiger partial charge >= 0.3 is 0 Å². The maximum absolute atomic E-state index is 6.08. The fourth-order valence-electron chi connectivity index (χ4n) is 2.04. The molecule has 1 aromatic heterocycles. The smallest absolute Gasteiger partial charge is 0.125 e. The van der Waals surface area contributed by atoms with Crippen molar-refractivity contribution in [3.05, 3.63) is 28.0 Å². The molecule has 0 aliphatic heterocycles. The van der Waals surface area contributed by atoms with Crippen molar-refractivity contribution in [2.75, 3.05) is 12.0 Å². The quantitative estimate of drug-likeness (QED) is 0.736. The topological polar surface area (TPSA) is 17.8 Å². The summed E-state index contributed by atoms with van der Waals surface area (Å²) in [5.74, 6) is 2.23. The molecule has 1 aromatic carbocycles. The predicted octanol–water partition coefficient (Wildman–Crippen LogP) is 5.01. The van der Waals surface area contributed by atoms with Crippen LogP contribution in [0.25, 0.3) is 11.0 Å². The summed E-state index contributed by atoms with van der Waals surface area (Å²) in [5, 5.41) is 1.07. The molecule has 2 nitrogen and oxygen atoms in total. The molecule has 0 fully saturated rings. The highest BCUT2D eigenvalue weighted by Crippen LogP contribution is 2.31. The molecule has 0 saturated carbocycles. The highest BCUT2D eigenvalue weighted by atomic mass is 35.5. The van der Waals surface area contributed by atoms with Crippen molar-refractivity contribution in [2.24, 2.45) is 0 Å². The normalized spacial score (nSPS) is 13.2. The van der Waals surface area contributed by atoms with Crippen molar-refractivity contribution >= 4 is 57.6 Å². The third kappa shape index (κ3) is 2.60. The van der Waals surface area contributed by atoms with Gasteiger partial charge in [-0.2, -0.15) is 11.8 Å². The lowest BCUT2D eigenvalue weighted by molar-refractivity contribution is 0.606. The lowest BCUT2D eigenvalue weighted by Gasteiger charge is -2.15. The van der Waals surface area contributed by atoms with Crippen molar-refractivity contribution in [1.29, 1.82) is 0 Å². The SMILES string of the molecule is CSCC(C)n1c(CCl)nc2cc(Cl)c(Cl)cc21. The second kappa shape index (κ2) is 5.91. The zero-order chi connectivity index (χ0) is 13.3. The van der Waals surface area contributed by atoms with E-state index in [2.05, 4.69) is 22.7 Å². The molecule has 0 bridgehead atoms. The molecule has 1 heterocycles. The summed E-state index contributed by atoms with van der Waals surface area (Å²) in [6, 6.07) is 3.97. The summed E-state index contributed by atoms with van der Waals surface area (Å²) >= 11 is 19.9. The van der Waals surface area contributed by atoms with Crippen LogP contribution < -0.4 is 0 Å². The average molecular weight is 324 g/mol. The molecule has 0 aliphatic rings. The molecule has 18 heavy (non-hydrogen) atoms. The Kier molecular flexibility index (Phi) is 4.70. The standard InChI is InChI=1S/C12H13Cl3N2S/c1-7(6-18-2)17-11-4-9(15)8(14)3-10(11)16-12(17)5-13/h3-4,7H,5-6H2,1-2H3. The number of fused-ring (bicyclic) bond motifs is 1. The average Bonchev–Trinajstić information content (AvgIpc) is 2.68. The van der Waals surface area contributed by atoms with Crippen LogP contribution in [0.1, 0.15) is 18.8 Å². The van der Waals surface area contributed by atoms with Crippen LogP contribution in [0.4, 0.5) is 0 Å². The summed E-state index contributed by atoms with van der Waals surface area (Å²) in [4.78, 5) is 4.52. The largest absolute Gasteiger partial charge is 0.323 e. The molecule has 6 heteroatoms. The van der Waals surface area contributed by atoms with E-state index in [1.54, 1.807) is 17.8 Å². The van der Waals surface area contributed by atoms with Crippen molar-refractivity contribution in [3.63, 3.8) is 0 Å². The molecule has 2 aromatic rings. The van der Waals surface area contributed by atoms with Crippen LogP contribution >= 0.6 is 46.6 Å². The lowest BCUT2D eigenvalue weighted by atomic mass is 10.3. The second-order valence-electron chi connectivity index (χ2n) is 4.09. The fourth-order valence-corrected chi connectivity index (χ4v) is 3.18. The molecule has 1 atom stereocenters. The second-order valence-corrected chi connectivity index (χ2v) is 6.08. The van der Waals surface area contributed by atoms with Gasteiger partial charge in [0.25, 0.3) is 0 Å². The van der Waals surface area contributed by atoms with Crippen molar-refractivity contribution in [2.45, 2.75) is 18.8 Å². The van der Waals surface area contributed by atoms with Gasteiger partial charge in [-0.05, 0) is 25.3 Å². The molecule has 0 spiro atoms. The molecule has 98 valence electrons. The molecule has 0 aliphatic carbocycles. The molecule has 0 amide bonds. The van der Waals surface area contributed by atoms with Crippen LogP contribution in [-0.2, 0) is 5.88 Å². The summed E-state index contributed by atoms with van der Waals surface area (Å²) < 4.78 is 2.14. The van der Waals surface area contributed by atoms with Gasteiger partial charge in [-0.3, -0.25) is 0 Å². The van der Waals surface area contributed by atoms with Crippen LogP contribution in [0.5, 0.6) is 0 Å². The Morgan fingerprint density at radius 2 is 2.00 bits per heavy atom. The summed E-state index contributed by atoms with van der Waals surface area (Å²) in [5.41, 5.74) is 1.83. The van der Waals surface area contributed by atoms with Gasteiger partial charge in [0.05, 0.1) is 27.0 Å². The first kappa shape index (κ1) is 14.3. The molecular formula is C12H13Cl3N2S. The summed E-state index contributed by atoms with van der Waals surface area (Å²) in [6.07, 6.45) is 2.08. The third-order valence-corrected chi connectivity index (χ3v) is 4.55. The predicted molar refractivity (Wildman–Crippen MR) is 82.4 cm³/mol. The number of aromatic nitrogens is 2. The number of benzene rings is 1. The van der Waals surface area contributed by atoms with E-state index in [4.69, 9.17) is 34.8 Å². The number of hydrogen-bond donors (Lipinski definition) is 0. The van der Waals surface area contributed by atoms with E-state index in [0.29, 0.717) is 22.0 Å². The molecule has 0 radical (unpaired) electrons. The van der Waals surface area contributed by atoms with E-state index in [1.807, 2.05) is 6.07 Å². The van der Waals surface area contributed by atoms with Crippen molar-refractivity contribution < 1.29 is 0 Å². The van der Waals surface area contributed by atoms with Gasteiger partial charge in [0, 0.05) is 11.8 Å². The number of thioether (sulfide) groups is 1. The molecule has 0 saturated heterocycles. The number of halogens is 3. The van der Waals surface area contributed by atoms with E-state index < -0.39 is 0 Å². The first-order valence-electron chi connectivity index (χ1n) is 5.49. The van der Waals surface area contributed by atoms with Crippen LogP contribution in [0.15, 0.2) is 12.1 Å². The maximum atomic E-state index is 6.08. The number of imidazole rings is 1. The minimum absolute atomic E-state index is 0.316. The monoisotopic (exact) mass is 322 g/mol. The Labute approximate surface area is 126 Å². The number of nitrogens with zero attached hydrogens (tertiary/aromatic N) is 2. The Morgan fingerprint density at radius 1 is 1.33 bits per heavy atom. The minimum Gasteiger partial charge on any atom is -0.323 e. The Hall–Kier alpha value is -0.0900. The number of alkyl halides is 1. The van der Waals surface area contributed by atoms with Crippen LogP contribution in [0.3, 0.4) is 0 Å². The molecule has 0 N–H and O–H groups in total. The summed E-state index contributed by atoms with van der Waals surface area (Å²) in [7, 11) is 0. The number of rotatable bonds is 4. The van der Waals surface area contributed by atoms with Crippen molar-refractivity contribution in [1.82, 2.24) is 9.55 Å². The molecular weight excluding hydrogens is 311 g/mol. The first-order chi connectivity index (χ1) is 8.58. The van der Waals surface area contributed by atoms with Crippen molar-refractivity contribution in [3.8, 4) is 0 Å². The van der Waals surface area contributed by atoms with E-state index in [9.17, 15) is 0 Å². The fraction of sp³-hybridized carbons (Fsp3) is 0.417. The van der Waals surface area contributed by atoms with E-state index in [0.717, 1.165) is 22.6 Å². The van der Waals surface area contributed by atoms with E-state index >= 15 is 0 Å². The van der Waals surface area contributed by atoms with Crippen LogP contribution in [0, 0.1) is 0 Å². The van der Waals surface area contributed by atoms with Gasteiger partial charge < -0.3 is 4.57 Å². The Balaban J connectivity index is 2.64. The Bertz CT molecular complexity index is 568. The van der Waals surface area contributed by atoms with Gasteiger partial charge in [-0.1, -0.05) is 23.2 Å². The first-order valence-corrected chi connectivity index (χ1v) is 8.17. The van der Waals surface area contributed by atoms with Gasteiger partial charge in [0.15, 0.2) is 0 Å². The highest BCUT2D eigenvalue weighted by molar-refractivity contribution is 7.98. The van der Waals surface area contributed by atoms with Gasteiger partial charge in [0.1, 0.15) is 5.82 Å². The van der Waals surface area contributed by atoms with Crippen LogP contribution in [-0.4, -0.2) is 21.6 Å². The third-order valence-electron chi connectivity index (χ3n) is 2.77. The zero-order valence-corrected chi connectivity index (χ0v) is 13.2. The van der Waals surface area contributed by atoms with E-state index in [1.165, 1.54) is 0 Å². The molecule has 1 unspecified atom stereocenters. The minimum atomic E-state index is 0.316. The highest BCUT2D eigenvalue weighted by Gasteiger charge is 2.16. The zero-order valence-electron chi connectivity index (χ0n) is 10.1. The van der Waals surface area contributed by atoms with Gasteiger partial charge in [-0.15, -0.1) is 11.6 Å². The Morgan fingerprint density at radius 3 is 2.61 bits per heavy atom. The van der Waals surface area contributed by atoms with Crippen LogP contribution in [0.2, 0.25) is 10.0 Å². The lowest BCUT2D eigenvalue weighted by Crippen LogP contribution is -2.10.